The van der Waals surface area contributed by atoms with Crippen molar-refractivity contribution in [2.24, 2.45) is 5.10 Å². The molecule has 3 N–H and O–H groups in total. The number of hydrazone groups is 1. The van der Waals surface area contributed by atoms with Gasteiger partial charge in [-0.05, 0) is 12.1 Å². The highest BCUT2D eigenvalue weighted by Gasteiger charge is 2.08. The standard InChI is InChI=1S/C18H16N6O2/c25-16(12-20-18(26)15-8-4-5-9-19-15)23-21-10-14-11-22-24-17(14)13-6-2-1-3-7-13/h1-11H,12H2,(H,20,26)(H,22,24)(H,23,25). The van der Waals surface area contributed by atoms with Crippen molar-refractivity contribution in [1.29, 1.82) is 0 Å². The molecule has 3 aromatic rings. The maximum absolute atomic E-state index is 11.8. The van der Waals surface area contributed by atoms with Crippen molar-refractivity contribution in [3.05, 3.63) is 72.2 Å². The number of H-pyrrole nitrogens is 1. The van der Waals surface area contributed by atoms with Crippen LogP contribution in [0.5, 0.6) is 0 Å². The second kappa shape index (κ2) is 8.34. The van der Waals surface area contributed by atoms with Gasteiger partial charge >= 0.3 is 0 Å². The number of carbonyl (C=O) groups excluding carboxylic acids is 2. The fourth-order valence-electron chi connectivity index (χ4n) is 2.19. The van der Waals surface area contributed by atoms with Gasteiger partial charge in [-0.15, -0.1) is 0 Å². The molecule has 2 aromatic heterocycles. The average Bonchev–Trinajstić information content (AvgIpc) is 3.16. The second-order valence-electron chi connectivity index (χ2n) is 5.26. The predicted molar refractivity (Wildman–Crippen MR) is 96.3 cm³/mol. The van der Waals surface area contributed by atoms with Crippen LogP contribution in [0.3, 0.4) is 0 Å². The lowest BCUT2D eigenvalue weighted by molar-refractivity contribution is -0.120. The largest absolute Gasteiger partial charge is 0.342 e. The van der Waals surface area contributed by atoms with E-state index in [9.17, 15) is 9.59 Å². The molecular formula is C18H16N6O2. The number of hydrogen-bond acceptors (Lipinski definition) is 5. The van der Waals surface area contributed by atoms with Crippen LogP contribution >= 0.6 is 0 Å². The summed E-state index contributed by atoms with van der Waals surface area (Å²) in [6.07, 6.45) is 4.61. The Morgan fingerprint density at radius 1 is 1.12 bits per heavy atom. The molecule has 0 bridgehead atoms. The summed E-state index contributed by atoms with van der Waals surface area (Å²) in [5, 5.41) is 13.3. The smallest absolute Gasteiger partial charge is 0.270 e. The molecule has 1 aromatic carbocycles. The van der Waals surface area contributed by atoms with Crippen molar-refractivity contribution in [3.8, 4) is 11.3 Å². The summed E-state index contributed by atoms with van der Waals surface area (Å²) in [6.45, 7) is -0.205. The van der Waals surface area contributed by atoms with Crippen molar-refractivity contribution >= 4 is 18.0 Å². The van der Waals surface area contributed by atoms with Gasteiger partial charge in [-0.2, -0.15) is 10.2 Å². The first-order valence-corrected chi connectivity index (χ1v) is 7.84. The first-order chi connectivity index (χ1) is 12.7. The van der Waals surface area contributed by atoms with Crippen LogP contribution in [0.4, 0.5) is 0 Å². The first kappa shape index (κ1) is 17.0. The molecule has 0 atom stereocenters. The topological polar surface area (TPSA) is 112 Å². The predicted octanol–water partition coefficient (Wildman–Crippen LogP) is 1.35. The van der Waals surface area contributed by atoms with Crippen molar-refractivity contribution < 1.29 is 9.59 Å². The van der Waals surface area contributed by atoms with Crippen LogP contribution < -0.4 is 10.7 Å². The molecule has 0 saturated carbocycles. The minimum absolute atomic E-state index is 0.205. The van der Waals surface area contributed by atoms with E-state index in [4.69, 9.17) is 0 Å². The van der Waals surface area contributed by atoms with Crippen molar-refractivity contribution in [2.75, 3.05) is 6.54 Å². The first-order valence-electron chi connectivity index (χ1n) is 7.84. The van der Waals surface area contributed by atoms with E-state index in [1.807, 2.05) is 30.3 Å². The van der Waals surface area contributed by atoms with E-state index in [0.29, 0.717) is 0 Å². The van der Waals surface area contributed by atoms with Crippen LogP contribution in [0.1, 0.15) is 16.1 Å². The van der Waals surface area contributed by atoms with Crippen LogP contribution in [0.2, 0.25) is 0 Å². The maximum Gasteiger partial charge on any atom is 0.270 e. The van der Waals surface area contributed by atoms with Crippen LogP contribution in [-0.2, 0) is 4.79 Å². The lowest BCUT2D eigenvalue weighted by Crippen LogP contribution is -2.35. The zero-order valence-electron chi connectivity index (χ0n) is 13.7. The Hall–Kier alpha value is -3.81. The SMILES string of the molecule is O=C(CNC(=O)c1ccccn1)NN=Cc1cn[nH]c1-c1ccccc1. The summed E-state index contributed by atoms with van der Waals surface area (Å²) in [5.41, 5.74) is 5.09. The zero-order chi connectivity index (χ0) is 18.2. The molecule has 8 nitrogen and oxygen atoms in total. The van der Waals surface area contributed by atoms with Gasteiger partial charge in [0.05, 0.1) is 24.7 Å². The molecule has 0 spiro atoms. The number of aromatic nitrogens is 3. The highest BCUT2D eigenvalue weighted by Crippen LogP contribution is 2.18. The van der Waals surface area contributed by atoms with Gasteiger partial charge in [-0.3, -0.25) is 19.7 Å². The highest BCUT2D eigenvalue weighted by atomic mass is 16.2. The Balaban J connectivity index is 1.52. The molecule has 2 amide bonds. The van der Waals surface area contributed by atoms with Gasteiger partial charge < -0.3 is 5.32 Å². The molecule has 0 unspecified atom stereocenters. The molecule has 0 fully saturated rings. The van der Waals surface area contributed by atoms with E-state index in [1.54, 1.807) is 24.4 Å². The summed E-state index contributed by atoms with van der Waals surface area (Å²) in [6, 6.07) is 14.6. The number of carbonyl (C=O) groups is 2. The van der Waals surface area contributed by atoms with E-state index in [1.165, 1.54) is 12.4 Å². The third-order valence-corrected chi connectivity index (χ3v) is 3.43. The van der Waals surface area contributed by atoms with E-state index < -0.39 is 11.8 Å². The summed E-state index contributed by atoms with van der Waals surface area (Å²) < 4.78 is 0. The minimum atomic E-state index is -0.449. The number of aromatic amines is 1. The fourth-order valence-corrected chi connectivity index (χ4v) is 2.19. The van der Waals surface area contributed by atoms with Crippen LogP contribution in [0, 0.1) is 0 Å². The molecule has 0 aliphatic heterocycles. The van der Waals surface area contributed by atoms with Crippen molar-refractivity contribution in [2.45, 2.75) is 0 Å². The van der Waals surface area contributed by atoms with Crippen LogP contribution in [0.25, 0.3) is 11.3 Å². The number of amides is 2. The van der Waals surface area contributed by atoms with Crippen molar-refractivity contribution in [3.63, 3.8) is 0 Å². The number of rotatable bonds is 6. The average molecular weight is 348 g/mol. The Morgan fingerprint density at radius 2 is 1.92 bits per heavy atom. The van der Waals surface area contributed by atoms with Gasteiger partial charge in [-0.1, -0.05) is 36.4 Å². The van der Waals surface area contributed by atoms with Crippen molar-refractivity contribution in [1.82, 2.24) is 25.9 Å². The second-order valence-corrected chi connectivity index (χ2v) is 5.26. The summed E-state index contributed by atoms with van der Waals surface area (Å²) >= 11 is 0. The summed E-state index contributed by atoms with van der Waals surface area (Å²) in [7, 11) is 0. The highest BCUT2D eigenvalue weighted by molar-refractivity contribution is 5.95. The molecular weight excluding hydrogens is 332 g/mol. The Morgan fingerprint density at radius 3 is 2.69 bits per heavy atom. The van der Waals surface area contributed by atoms with Gasteiger partial charge in [0.15, 0.2) is 0 Å². The number of pyridine rings is 1. The quantitative estimate of drug-likeness (QED) is 0.461. The zero-order valence-corrected chi connectivity index (χ0v) is 13.7. The molecule has 8 heteroatoms. The van der Waals surface area contributed by atoms with Gasteiger partial charge in [0.1, 0.15) is 5.69 Å². The van der Waals surface area contributed by atoms with Crippen LogP contribution in [-0.4, -0.2) is 39.8 Å². The van der Waals surface area contributed by atoms with Gasteiger partial charge in [0.25, 0.3) is 11.8 Å². The monoisotopic (exact) mass is 348 g/mol. The van der Waals surface area contributed by atoms with E-state index >= 15 is 0 Å². The van der Waals surface area contributed by atoms with Crippen LogP contribution in [0.15, 0.2) is 66.0 Å². The molecule has 130 valence electrons. The number of nitrogens with one attached hydrogen (secondary N) is 3. The Bertz CT molecular complexity index is 906. The van der Waals surface area contributed by atoms with Gasteiger partial charge in [-0.25, -0.2) is 5.43 Å². The number of benzene rings is 1. The Labute approximate surface area is 149 Å². The molecule has 2 heterocycles. The number of hydrogen-bond donors (Lipinski definition) is 3. The van der Waals surface area contributed by atoms with Gasteiger partial charge in [0.2, 0.25) is 0 Å². The third kappa shape index (κ3) is 4.38. The van der Waals surface area contributed by atoms with Gasteiger partial charge in [0, 0.05) is 17.3 Å². The lowest BCUT2D eigenvalue weighted by Gasteiger charge is -2.03. The maximum atomic E-state index is 11.8. The number of nitrogens with zero attached hydrogens (tertiary/aromatic N) is 3. The third-order valence-electron chi connectivity index (χ3n) is 3.43. The molecule has 3 rings (SSSR count). The minimum Gasteiger partial charge on any atom is -0.342 e. The van der Waals surface area contributed by atoms with E-state index in [2.05, 4.69) is 31.0 Å². The molecule has 26 heavy (non-hydrogen) atoms. The Kier molecular flexibility index (Phi) is 5.46. The summed E-state index contributed by atoms with van der Waals surface area (Å²) in [4.78, 5) is 27.5. The van der Waals surface area contributed by atoms with E-state index in [0.717, 1.165) is 16.8 Å². The molecule has 0 saturated heterocycles. The van der Waals surface area contributed by atoms with E-state index in [-0.39, 0.29) is 12.2 Å². The summed E-state index contributed by atoms with van der Waals surface area (Å²) in [5.74, 6) is -0.874. The normalized spacial score (nSPS) is 10.6. The molecule has 0 aliphatic rings. The molecule has 0 radical (unpaired) electrons. The fraction of sp³-hybridized carbons (Fsp3) is 0.0556. The lowest BCUT2D eigenvalue weighted by atomic mass is 10.1. The molecule has 0 aliphatic carbocycles.